The van der Waals surface area contributed by atoms with E-state index in [1.165, 1.54) is 12.4 Å². The Hall–Kier alpha value is -3.13. The number of aromatic nitrogens is 2. The second-order valence-corrected chi connectivity index (χ2v) is 6.68. The minimum absolute atomic E-state index is 0.0234. The Morgan fingerprint density at radius 3 is 2.52 bits per heavy atom. The normalized spacial score (nSPS) is 11.2. The molecule has 5 nitrogen and oxygen atoms in total. The zero-order valence-corrected chi connectivity index (χ0v) is 16.0. The van der Waals surface area contributed by atoms with E-state index in [4.69, 9.17) is 11.6 Å². The van der Waals surface area contributed by atoms with Crippen molar-refractivity contribution in [2.24, 2.45) is 0 Å². The van der Waals surface area contributed by atoms with Gasteiger partial charge in [0, 0.05) is 36.4 Å². The van der Waals surface area contributed by atoms with Crippen LogP contribution in [0.4, 0.5) is 24.5 Å². The maximum absolute atomic E-state index is 13.0. The first-order valence-corrected chi connectivity index (χ1v) is 8.85. The third-order valence-corrected chi connectivity index (χ3v) is 4.45. The lowest BCUT2D eigenvalue weighted by Gasteiger charge is -2.20. The number of halogens is 4. The number of carbonyl (C=O) groups excluding carboxylic acids is 1. The molecule has 0 saturated carbocycles. The SMILES string of the molecule is CN(CC(=O)Nc1ccc(Cl)c(C(F)(F)F)c1)c1cccc(-c2cncnc2)c1. The fraction of sp³-hybridized carbons (Fsp3) is 0.150. The van der Waals surface area contributed by atoms with Crippen molar-refractivity contribution in [3.63, 3.8) is 0 Å². The van der Waals surface area contributed by atoms with E-state index in [1.54, 1.807) is 24.3 Å². The Morgan fingerprint density at radius 1 is 1.10 bits per heavy atom. The number of hydrogen-bond acceptors (Lipinski definition) is 4. The van der Waals surface area contributed by atoms with Crippen LogP contribution in [0.1, 0.15) is 5.56 Å². The highest BCUT2D eigenvalue weighted by atomic mass is 35.5. The fourth-order valence-electron chi connectivity index (χ4n) is 2.70. The molecule has 0 radical (unpaired) electrons. The lowest BCUT2D eigenvalue weighted by Crippen LogP contribution is -2.30. The summed E-state index contributed by atoms with van der Waals surface area (Å²) in [7, 11) is 1.71. The molecule has 9 heteroatoms. The topological polar surface area (TPSA) is 58.1 Å². The number of benzene rings is 2. The van der Waals surface area contributed by atoms with Gasteiger partial charge < -0.3 is 10.2 Å². The number of rotatable bonds is 5. The first-order valence-electron chi connectivity index (χ1n) is 8.47. The summed E-state index contributed by atoms with van der Waals surface area (Å²) < 4.78 is 38.9. The zero-order valence-electron chi connectivity index (χ0n) is 15.2. The van der Waals surface area contributed by atoms with Gasteiger partial charge in [0.25, 0.3) is 0 Å². The first kappa shape index (κ1) is 20.6. The molecule has 0 aliphatic heterocycles. The van der Waals surface area contributed by atoms with Crippen LogP contribution in [-0.4, -0.2) is 29.5 Å². The number of alkyl halides is 3. The van der Waals surface area contributed by atoms with Gasteiger partial charge in [0.15, 0.2) is 0 Å². The van der Waals surface area contributed by atoms with Crippen molar-refractivity contribution < 1.29 is 18.0 Å². The van der Waals surface area contributed by atoms with Crippen molar-refractivity contribution >= 4 is 28.9 Å². The summed E-state index contributed by atoms with van der Waals surface area (Å²) in [6.45, 7) is -0.0568. The molecule has 0 saturated heterocycles. The van der Waals surface area contributed by atoms with Gasteiger partial charge in [-0.05, 0) is 35.9 Å². The zero-order chi connectivity index (χ0) is 21.0. The minimum atomic E-state index is -4.60. The van der Waals surface area contributed by atoms with Crippen LogP contribution in [0, 0.1) is 0 Å². The highest BCUT2D eigenvalue weighted by Gasteiger charge is 2.33. The van der Waals surface area contributed by atoms with Gasteiger partial charge in [-0.25, -0.2) is 9.97 Å². The highest BCUT2D eigenvalue weighted by molar-refractivity contribution is 6.31. The molecule has 150 valence electrons. The summed E-state index contributed by atoms with van der Waals surface area (Å²) >= 11 is 5.60. The molecule has 3 aromatic rings. The highest BCUT2D eigenvalue weighted by Crippen LogP contribution is 2.36. The number of anilines is 2. The molecule has 0 spiro atoms. The van der Waals surface area contributed by atoms with Crippen LogP contribution in [-0.2, 0) is 11.0 Å². The standard InChI is InChI=1S/C20H16ClF3N4O/c1-28(16-4-2-3-13(7-16)14-9-25-12-26-10-14)11-19(29)27-15-5-6-18(21)17(8-15)20(22,23)24/h2-10,12H,11H2,1H3,(H,27,29). The van der Waals surface area contributed by atoms with E-state index >= 15 is 0 Å². The van der Waals surface area contributed by atoms with Crippen molar-refractivity contribution in [3.05, 3.63) is 71.8 Å². The van der Waals surface area contributed by atoms with Crippen molar-refractivity contribution in [2.45, 2.75) is 6.18 Å². The molecular formula is C20H16ClF3N4O. The molecule has 0 unspecified atom stereocenters. The quantitative estimate of drug-likeness (QED) is 0.638. The number of nitrogens with zero attached hydrogens (tertiary/aromatic N) is 3. The molecule has 29 heavy (non-hydrogen) atoms. The summed E-state index contributed by atoms with van der Waals surface area (Å²) in [5.74, 6) is -0.462. The third kappa shape index (κ3) is 5.23. The van der Waals surface area contributed by atoms with E-state index < -0.39 is 22.7 Å². The van der Waals surface area contributed by atoms with Crippen LogP contribution >= 0.6 is 11.6 Å². The minimum Gasteiger partial charge on any atom is -0.365 e. The van der Waals surface area contributed by atoms with E-state index in [9.17, 15) is 18.0 Å². The molecule has 1 amide bonds. The lowest BCUT2D eigenvalue weighted by molar-refractivity contribution is -0.137. The average molecular weight is 421 g/mol. The van der Waals surface area contributed by atoms with Gasteiger partial charge >= 0.3 is 6.18 Å². The summed E-state index contributed by atoms with van der Waals surface area (Å²) in [5.41, 5.74) is 1.49. The fourth-order valence-corrected chi connectivity index (χ4v) is 2.92. The van der Waals surface area contributed by atoms with Crippen LogP contribution in [0.15, 0.2) is 61.2 Å². The number of hydrogen-bond donors (Lipinski definition) is 1. The van der Waals surface area contributed by atoms with Crippen LogP contribution in [0.2, 0.25) is 5.02 Å². The Labute approximate surface area is 170 Å². The van der Waals surface area contributed by atoms with Gasteiger partial charge in [-0.3, -0.25) is 4.79 Å². The predicted molar refractivity (Wildman–Crippen MR) is 106 cm³/mol. The smallest absolute Gasteiger partial charge is 0.365 e. The van der Waals surface area contributed by atoms with Crippen LogP contribution < -0.4 is 10.2 Å². The van der Waals surface area contributed by atoms with Gasteiger partial charge in [0.05, 0.1) is 17.1 Å². The van der Waals surface area contributed by atoms with Crippen molar-refractivity contribution in [3.8, 4) is 11.1 Å². The lowest BCUT2D eigenvalue weighted by atomic mass is 10.1. The van der Waals surface area contributed by atoms with E-state index in [0.717, 1.165) is 28.9 Å². The maximum atomic E-state index is 13.0. The monoisotopic (exact) mass is 420 g/mol. The Balaban J connectivity index is 1.70. The molecule has 0 atom stereocenters. The molecule has 1 N–H and O–H groups in total. The van der Waals surface area contributed by atoms with Crippen LogP contribution in [0.3, 0.4) is 0 Å². The van der Waals surface area contributed by atoms with Crippen molar-refractivity contribution in [1.82, 2.24) is 9.97 Å². The first-order chi connectivity index (χ1) is 13.7. The summed E-state index contributed by atoms with van der Waals surface area (Å²) in [4.78, 5) is 22.0. The van der Waals surface area contributed by atoms with Gasteiger partial charge in [0.2, 0.25) is 5.91 Å². The van der Waals surface area contributed by atoms with Crippen LogP contribution in [0.25, 0.3) is 11.1 Å². The number of likely N-dealkylation sites (N-methyl/N-ethyl adjacent to an activating group) is 1. The van der Waals surface area contributed by atoms with Crippen molar-refractivity contribution in [2.75, 3.05) is 23.8 Å². The van der Waals surface area contributed by atoms with Gasteiger partial charge in [0.1, 0.15) is 6.33 Å². The van der Waals surface area contributed by atoms with E-state index in [-0.39, 0.29) is 12.2 Å². The largest absolute Gasteiger partial charge is 0.417 e. The average Bonchev–Trinajstić information content (AvgIpc) is 2.69. The molecule has 3 rings (SSSR count). The summed E-state index contributed by atoms with van der Waals surface area (Å²) in [6, 6.07) is 10.7. The molecule has 1 aromatic heterocycles. The summed E-state index contributed by atoms with van der Waals surface area (Å²) in [5, 5.41) is 2.05. The molecule has 0 aliphatic carbocycles. The molecule has 0 aliphatic rings. The van der Waals surface area contributed by atoms with Crippen molar-refractivity contribution in [1.29, 1.82) is 0 Å². The Kier molecular flexibility index (Phi) is 6.03. The van der Waals surface area contributed by atoms with Gasteiger partial charge in [-0.2, -0.15) is 13.2 Å². The Bertz CT molecular complexity index is 1010. The number of amides is 1. The van der Waals surface area contributed by atoms with Gasteiger partial charge in [-0.1, -0.05) is 23.7 Å². The van der Waals surface area contributed by atoms with E-state index in [2.05, 4.69) is 15.3 Å². The maximum Gasteiger partial charge on any atom is 0.417 e. The molecule has 1 heterocycles. The second kappa shape index (κ2) is 8.48. The number of nitrogens with one attached hydrogen (secondary N) is 1. The third-order valence-electron chi connectivity index (χ3n) is 4.12. The summed E-state index contributed by atoms with van der Waals surface area (Å²) in [6.07, 6.45) is 0.191. The number of carbonyl (C=O) groups is 1. The Morgan fingerprint density at radius 2 is 1.83 bits per heavy atom. The second-order valence-electron chi connectivity index (χ2n) is 6.27. The predicted octanol–water partition coefficient (Wildman–Crippen LogP) is 4.89. The molecule has 2 aromatic carbocycles. The van der Waals surface area contributed by atoms with E-state index in [0.29, 0.717) is 0 Å². The van der Waals surface area contributed by atoms with E-state index in [1.807, 2.05) is 24.3 Å². The molecule has 0 fully saturated rings. The molecule has 0 bridgehead atoms. The van der Waals surface area contributed by atoms with Gasteiger partial charge in [-0.15, -0.1) is 0 Å². The molecular weight excluding hydrogens is 405 g/mol. The van der Waals surface area contributed by atoms with Crippen LogP contribution in [0.5, 0.6) is 0 Å².